The molecule has 1 aromatic heterocycles. The Morgan fingerprint density at radius 2 is 1.92 bits per heavy atom. The van der Waals surface area contributed by atoms with Crippen LogP contribution in [0.5, 0.6) is 0 Å². The molecule has 0 spiro atoms. The first-order valence-electron chi connectivity index (χ1n) is 9.05. The molecule has 1 aliphatic heterocycles. The fourth-order valence-corrected chi connectivity index (χ4v) is 3.72. The molecule has 4 rings (SSSR count). The summed E-state index contributed by atoms with van der Waals surface area (Å²) in [6.07, 6.45) is 0. The Morgan fingerprint density at radius 1 is 1.08 bits per heavy atom. The lowest BCUT2D eigenvalue weighted by Gasteiger charge is -2.25. The van der Waals surface area contributed by atoms with Gasteiger partial charge >= 0.3 is 0 Å². The third kappa shape index (κ3) is 3.49. The third-order valence-electron chi connectivity index (χ3n) is 5.30. The quantitative estimate of drug-likeness (QED) is 0.737. The van der Waals surface area contributed by atoms with Crippen molar-refractivity contribution in [1.29, 1.82) is 0 Å². The molecule has 1 saturated heterocycles. The molecule has 6 nitrogen and oxygen atoms in total. The van der Waals surface area contributed by atoms with Crippen LogP contribution >= 0.6 is 0 Å². The van der Waals surface area contributed by atoms with Crippen molar-refractivity contribution in [2.45, 2.75) is 26.4 Å². The molecular weight excluding hydrogens is 326 g/mol. The maximum Gasteiger partial charge on any atom is 0.135 e. The maximum absolute atomic E-state index is 4.78. The summed E-state index contributed by atoms with van der Waals surface area (Å²) in [5, 5.41) is 7.79. The molecule has 0 aliphatic carbocycles. The van der Waals surface area contributed by atoms with E-state index in [1.165, 1.54) is 22.3 Å². The van der Waals surface area contributed by atoms with Crippen LogP contribution in [0.25, 0.3) is 11.0 Å². The van der Waals surface area contributed by atoms with Gasteiger partial charge in [0.15, 0.2) is 0 Å². The van der Waals surface area contributed by atoms with Crippen LogP contribution in [0.3, 0.4) is 0 Å². The molecule has 0 saturated carbocycles. The number of benzene rings is 2. The van der Waals surface area contributed by atoms with E-state index in [-0.39, 0.29) is 0 Å². The molecule has 3 aromatic rings. The molecule has 1 aliphatic rings. The molecule has 2 N–H and O–H groups in total. The van der Waals surface area contributed by atoms with Gasteiger partial charge in [-0.15, -0.1) is 0 Å². The fraction of sp³-hybridized carbons (Fsp3) is 0.400. The number of aryl methyl sites for hydroxylation is 2. The second kappa shape index (κ2) is 7.15. The van der Waals surface area contributed by atoms with Crippen LogP contribution in [-0.2, 0) is 6.54 Å². The van der Waals surface area contributed by atoms with Crippen molar-refractivity contribution in [2.75, 3.05) is 20.1 Å². The minimum Gasteiger partial charge on any atom is -0.302 e. The number of hydrazine groups is 1. The maximum atomic E-state index is 4.78. The average Bonchev–Trinajstić information content (AvgIpc) is 3.26. The minimum absolute atomic E-state index is 0.332. The highest BCUT2D eigenvalue weighted by Crippen LogP contribution is 2.27. The summed E-state index contributed by atoms with van der Waals surface area (Å²) in [4.78, 5) is 2.36. The van der Waals surface area contributed by atoms with Crippen molar-refractivity contribution in [3.8, 4) is 0 Å². The van der Waals surface area contributed by atoms with E-state index in [1.807, 2.05) is 12.1 Å². The van der Waals surface area contributed by atoms with Crippen LogP contribution in [0.2, 0.25) is 0 Å². The highest BCUT2D eigenvalue weighted by molar-refractivity contribution is 5.73. The molecule has 2 unspecified atom stereocenters. The standard InChI is InChI=1S/C20H25N5O/c1-13-4-6-16(8-14(13)2)20-17(10-21-22-20)12-25(3)11-15-5-7-18-19(9-15)24-26-23-18/h4-9,17,20-22H,10-12H2,1-3H3. The predicted molar refractivity (Wildman–Crippen MR) is 101 cm³/mol. The SMILES string of the molecule is Cc1ccc(C2NNCC2CN(C)Cc2ccc3nonc3c2)cc1C. The molecule has 0 radical (unpaired) electrons. The summed E-state index contributed by atoms with van der Waals surface area (Å²) in [6, 6.07) is 13.2. The van der Waals surface area contributed by atoms with E-state index >= 15 is 0 Å². The number of fused-ring (bicyclic) bond motifs is 1. The van der Waals surface area contributed by atoms with E-state index in [4.69, 9.17) is 4.63 Å². The van der Waals surface area contributed by atoms with Crippen LogP contribution < -0.4 is 10.9 Å². The van der Waals surface area contributed by atoms with E-state index in [0.29, 0.717) is 12.0 Å². The van der Waals surface area contributed by atoms with Crippen LogP contribution in [0, 0.1) is 19.8 Å². The van der Waals surface area contributed by atoms with Gasteiger partial charge in [0.2, 0.25) is 0 Å². The monoisotopic (exact) mass is 351 g/mol. The summed E-state index contributed by atoms with van der Waals surface area (Å²) < 4.78 is 4.78. The fourth-order valence-electron chi connectivity index (χ4n) is 3.72. The van der Waals surface area contributed by atoms with E-state index in [2.05, 4.69) is 71.2 Å². The van der Waals surface area contributed by atoms with Gasteiger partial charge in [0.25, 0.3) is 0 Å². The van der Waals surface area contributed by atoms with Gasteiger partial charge in [-0.2, -0.15) is 0 Å². The van der Waals surface area contributed by atoms with Crippen LogP contribution in [0.4, 0.5) is 0 Å². The summed E-state index contributed by atoms with van der Waals surface area (Å²) in [5.74, 6) is 0.513. The zero-order chi connectivity index (χ0) is 18.1. The van der Waals surface area contributed by atoms with Crippen LogP contribution in [-0.4, -0.2) is 35.4 Å². The van der Waals surface area contributed by atoms with Crippen molar-refractivity contribution < 1.29 is 4.63 Å². The summed E-state index contributed by atoms with van der Waals surface area (Å²) in [5.41, 5.74) is 13.7. The smallest absolute Gasteiger partial charge is 0.135 e. The first kappa shape index (κ1) is 17.1. The van der Waals surface area contributed by atoms with Crippen molar-refractivity contribution in [1.82, 2.24) is 26.1 Å². The number of aromatic nitrogens is 2. The highest BCUT2D eigenvalue weighted by atomic mass is 16.6. The Balaban J connectivity index is 1.43. The number of hydrogen-bond donors (Lipinski definition) is 2. The molecule has 2 atom stereocenters. The van der Waals surface area contributed by atoms with Crippen molar-refractivity contribution in [3.05, 3.63) is 58.7 Å². The summed E-state index contributed by atoms with van der Waals surface area (Å²) in [6.45, 7) is 7.18. The lowest BCUT2D eigenvalue weighted by atomic mass is 9.92. The zero-order valence-corrected chi connectivity index (χ0v) is 15.5. The largest absolute Gasteiger partial charge is 0.302 e. The van der Waals surface area contributed by atoms with Crippen molar-refractivity contribution >= 4 is 11.0 Å². The Kier molecular flexibility index (Phi) is 4.72. The third-order valence-corrected chi connectivity index (χ3v) is 5.30. The zero-order valence-electron chi connectivity index (χ0n) is 15.5. The van der Waals surface area contributed by atoms with Crippen LogP contribution in [0.15, 0.2) is 41.0 Å². The molecule has 136 valence electrons. The van der Waals surface area contributed by atoms with Gasteiger partial charge in [0.05, 0.1) is 6.04 Å². The number of hydrogen-bond acceptors (Lipinski definition) is 6. The van der Waals surface area contributed by atoms with Gasteiger partial charge in [-0.3, -0.25) is 5.43 Å². The molecule has 26 heavy (non-hydrogen) atoms. The molecule has 2 heterocycles. The second-order valence-corrected chi connectivity index (χ2v) is 7.39. The number of rotatable bonds is 5. The average molecular weight is 351 g/mol. The second-order valence-electron chi connectivity index (χ2n) is 7.39. The number of nitrogens with zero attached hydrogens (tertiary/aromatic N) is 3. The van der Waals surface area contributed by atoms with Crippen LogP contribution in [0.1, 0.15) is 28.3 Å². The Labute approximate surface area is 153 Å². The molecule has 6 heteroatoms. The van der Waals surface area contributed by atoms with E-state index in [9.17, 15) is 0 Å². The van der Waals surface area contributed by atoms with Gasteiger partial charge in [-0.1, -0.05) is 24.3 Å². The van der Waals surface area contributed by atoms with E-state index in [0.717, 1.165) is 30.7 Å². The Bertz CT molecular complexity index is 906. The summed E-state index contributed by atoms with van der Waals surface area (Å²) >= 11 is 0. The van der Waals surface area contributed by atoms with E-state index in [1.54, 1.807) is 0 Å². The first-order valence-corrected chi connectivity index (χ1v) is 9.05. The normalized spacial score (nSPS) is 20.3. The number of nitrogens with one attached hydrogen (secondary N) is 2. The van der Waals surface area contributed by atoms with E-state index < -0.39 is 0 Å². The summed E-state index contributed by atoms with van der Waals surface area (Å²) in [7, 11) is 2.17. The van der Waals surface area contributed by atoms with Gasteiger partial charge in [0, 0.05) is 25.6 Å². The molecule has 1 fully saturated rings. The highest BCUT2D eigenvalue weighted by Gasteiger charge is 2.29. The molecule has 0 bridgehead atoms. The van der Waals surface area contributed by atoms with Gasteiger partial charge < -0.3 is 4.90 Å². The van der Waals surface area contributed by atoms with Gasteiger partial charge in [0.1, 0.15) is 11.0 Å². The lowest BCUT2D eigenvalue weighted by molar-refractivity contribution is 0.262. The van der Waals surface area contributed by atoms with Gasteiger partial charge in [-0.25, -0.2) is 10.1 Å². The molecule has 2 aromatic carbocycles. The van der Waals surface area contributed by atoms with Gasteiger partial charge in [-0.05, 0) is 65.6 Å². The lowest BCUT2D eigenvalue weighted by Crippen LogP contribution is -2.30. The molecule has 0 amide bonds. The van der Waals surface area contributed by atoms with Crippen molar-refractivity contribution in [2.24, 2.45) is 5.92 Å². The Hall–Kier alpha value is -2.28. The topological polar surface area (TPSA) is 66.2 Å². The minimum atomic E-state index is 0.332. The molecular formula is C20H25N5O. The predicted octanol–water partition coefficient (Wildman–Crippen LogP) is 2.74. The first-order chi connectivity index (χ1) is 12.6. The van der Waals surface area contributed by atoms with Crippen molar-refractivity contribution in [3.63, 3.8) is 0 Å². The Morgan fingerprint density at radius 3 is 2.77 bits per heavy atom.